The number of nitrogens with one attached hydrogen (secondary N) is 1. The standard InChI is InChI=1S/C13H15N3O2S/c1-2-18-12(17)7-11-9-19-13(16-11)15-8-10-3-5-14-6-4-10/h3-6,9H,2,7-8H2,1H3,(H,15,16). The second-order valence-electron chi connectivity index (χ2n) is 3.83. The van der Waals surface area contributed by atoms with Crippen LogP contribution in [0.3, 0.4) is 0 Å². The number of hydrogen-bond acceptors (Lipinski definition) is 6. The van der Waals surface area contributed by atoms with Gasteiger partial charge in [-0.05, 0) is 24.6 Å². The Labute approximate surface area is 115 Å². The molecule has 0 aliphatic heterocycles. The molecule has 0 unspecified atom stereocenters. The van der Waals surface area contributed by atoms with Gasteiger partial charge in [-0.1, -0.05) is 0 Å². The molecule has 0 saturated heterocycles. The van der Waals surface area contributed by atoms with Crippen molar-refractivity contribution < 1.29 is 9.53 Å². The molecule has 0 spiro atoms. The molecule has 0 saturated carbocycles. The summed E-state index contributed by atoms with van der Waals surface area (Å²) in [7, 11) is 0. The van der Waals surface area contributed by atoms with Gasteiger partial charge in [0, 0.05) is 24.3 Å². The molecule has 1 N–H and O–H groups in total. The zero-order valence-corrected chi connectivity index (χ0v) is 11.4. The molecule has 2 aromatic heterocycles. The smallest absolute Gasteiger partial charge is 0.311 e. The molecule has 6 heteroatoms. The van der Waals surface area contributed by atoms with Crippen LogP contribution in [0.15, 0.2) is 29.9 Å². The molecule has 100 valence electrons. The summed E-state index contributed by atoms with van der Waals surface area (Å²) in [4.78, 5) is 19.6. The van der Waals surface area contributed by atoms with Gasteiger partial charge in [0.25, 0.3) is 0 Å². The number of thiazole rings is 1. The largest absolute Gasteiger partial charge is 0.466 e. The second kappa shape index (κ2) is 6.84. The van der Waals surface area contributed by atoms with Gasteiger partial charge in [-0.15, -0.1) is 11.3 Å². The Morgan fingerprint density at radius 1 is 1.42 bits per heavy atom. The van der Waals surface area contributed by atoms with Gasteiger partial charge in [-0.2, -0.15) is 0 Å². The quantitative estimate of drug-likeness (QED) is 0.820. The maximum Gasteiger partial charge on any atom is 0.311 e. The van der Waals surface area contributed by atoms with E-state index < -0.39 is 0 Å². The summed E-state index contributed by atoms with van der Waals surface area (Å²) in [6, 6.07) is 3.89. The van der Waals surface area contributed by atoms with E-state index in [1.54, 1.807) is 19.3 Å². The number of carbonyl (C=O) groups is 1. The topological polar surface area (TPSA) is 64.1 Å². The first kappa shape index (κ1) is 13.5. The third kappa shape index (κ3) is 4.33. The van der Waals surface area contributed by atoms with Crippen LogP contribution in [0.25, 0.3) is 0 Å². The second-order valence-corrected chi connectivity index (χ2v) is 4.69. The highest BCUT2D eigenvalue weighted by atomic mass is 32.1. The van der Waals surface area contributed by atoms with Crippen LogP contribution < -0.4 is 5.32 Å². The van der Waals surface area contributed by atoms with E-state index in [4.69, 9.17) is 4.74 Å². The molecular formula is C13H15N3O2S. The van der Waals surface area contributed by atoms with E-state index in [1.807, 2.05) is 17.5 Å². The number of ether oxygens (including phenoxy) is 1. The summed E-state index contributed by atoms with van der Waals surface area (Å²) >= 11 is 1.48. The third-order valence-corrected chi connectivity index (χ3v) is 3.22. The van der Waals surface area contributed by atoms with Gasteiger partial charge in [-0.3, -0.25) is 9.78 Å². The number of hydrogen-bond donors (Lipinski definition) is 1. The van der Waals surface area contributed by atoms with Crippen molar-refractivity contribution in [3.8, 4) is 0 Å². The van der Waals surface area contributed by atoms with Crippen molar-refractivity contribution >= 4 is 22.4 Å². The van der Waals surface area contributed by atoms with Crippen LogP contribution in [0.2, 0.25) is 0 Å². The minimum absolute atomic E-state index is 0.223. The Hall–Kier alpha value is -1.95. The zero-order valence-electron chi connectivity index (χ0n) is 10.6. The molecule has 2 aromatic rings. The Bertz CT molecular complexity index is 528. The number of carbonyl (C=O) groups excluding carboxylic acids is 1. The van der Waals surface area contributed by atoms with Gasteiger partial charge in [0.05, 0.1) is 18.7 Å². The Morgan fingerprint density at radius 3 is 2.95 bits per heavy atom. The Balaban J connectivity index is 1.85. The van der Waals surface area contributed by atoms with Crippen molar-refractivity contribution in [2.24, 2.45) is 0 Å². The van der Waals surface area contributed by atoms with Crippen molar-refractivity contribution in [1.82, 2.24) is 9.97 Å². The van der Waals surface area contributed by atoms with Crippen LogP contribution in [-0.4, -0.2) is 22.5 Å². The molecule has 19 heavy (non-hydrogen) atoms. The summed E-state index contributed by atoms with van der Waals surface area (Å²) in [5, 5.41) is 5.88. The number of nitrogens with zero attached hydrogens (tertiary/aromatic N) is 2. The van der Waals surface area contributed by atoms with Gasteiger partial charge >= 0.3 is 5.97 Å². The minimum atomic E-state index is -0.242. The summed E-state index contributed by atoms with van der Waals surface area (Å²) in [5.41, 5.74) is 1.87. The van der Waals surface area contributed by atoms with Gasteiger partial charge in [0.2, 0.25) is 0 Å². The highest BCUT2D eigenvalue weighted by Gasteiger charge is 2.08. The fraction of sp³-hybridized carbons (Fsp3) is 0.308. The van der Waals surface area contributed by atoms with Gasteiger partial charge < -0.3 is 10.1 Å². The average Bonchev–Trinajstić information content (AvgIpc) is 2.85. The van der Waals surface area contributed by atoms with Gasteiger partial charge in [0.1, 0.15) is 0 Å². The van der Waals surface area contributed by atoms with Gasteiger partial charge in [0.15, 0.2) is 5.13 Å². The third-order valence-electron chi connectivity index (χ3n) is 2.38. The summed E-state index contributed by atoms with van der Waals surface area (Å²) in [6.45, 7) is 2.88. The van der Waals surface area contributed by atoms with Gasteiger partial charge in [-0.25, -0.2) is 4.98 Å². The molecule has 0 aromatic carbocycles. The molecule has 0 amide bonds. The maximum atomic E-state index is 11.3. The molecule has 0 aliphatic rings. The Morgan fingerprint density at radius 2 is 2.21 bits per heavy atom. The molecule has 2 heterocycles. The van der Waals surface area contributed by atoms with E-state index in [1.165, 1.54) is 11.3 Å². The molecular weight excluding hydrogens is 262 g/mol. The zero-order chi connectivity index (χ0) is 13.5. The van der Waals surface area contributed by atoms with Crippen LogP contribution in [0.4, 0.5) is 5.13 Å². The van der Waals surface area contributed by atoms with E-state index in [0.29, 0.717) is 13.2 Å². The van der Waals surface area contributed by atoms with Crippen LogP contribution in [-0.2, 0) is 22.5 Å². The first-order chi connectivity index (χ1) is 9.28. The van der Waals surface area contributed by atoms with E-state index in [0.717, 1.165) is 16.4 Å². The first-order valence-corrected chi connectivity index (χ1v) is 6.88. The number of pyridine rings is 1. The highest BCUT2D eigenvalue weighted by molar-refractivity contribution is 7.13. The fourth-order valence-corrected chi connectivity index (χ4v) is 2.22. The lowest BCUT2D eigenvalue weighted by atomic mass is 10.3. The van der Waals surface area contributed by atoms with Crippen molar-refractivity contribution in [1.29, 1.82) is 0 Å². The molecule has 0 atom stereocenters. The van der Waals surface area contributed by atoms with Crippen molar-refractivity contribution in [3.63, 3.8) is 0 Å². The highest BCUT2D eigenvalue weighted by Crippen LogP contribution is 2.17. The molecule has 0 radical (unpaired) electrons. The lowest BCUT2D eigenvalue weighted by molar-refractivity contribution is -0.142. The van der Waals surface area contributed by atoms with E-state index in [-0.39, 0.29) is 12.4 Å². The molecule has 5 nitrogen and oxygen atoms in total. The summed E-state index contributed by atoms with van der Waals surface area (Å²) in [6.07, 6.45) is 3.73. The first-order valence-electron chi connectivity index (χ1n) is 6.00. The summed E-state index contributed by atoms with van der Waals surface area (Å²) in [5.74, 6) is -0.242. The minimum Gasteiger partial charge on any atom is -0.466 e. The predicted molar refractivity (Wildman–Crippen MR) is 74.0 cm³/mol. The van der Waals surface area contributed by atoms with E-state index in [9.17, 15) is 4.79 Å². The molecule has 0 aliphatic carbocycles. The maximum absolute atomic E-state index is 11.3. The normalized spacial score (nSPS) is 10.2. The number of esters is 1. The monoisotopic (exact) mass is 277 g/mol. The van der Waals surface area contributed by atoms with Crippen LogP contribution in [0.1, 0.15) is 18.2 Å². The van der Waals surface area contributed by atoms with Crippen molar-refractivity contribution in [2.75, 3.05) is 11.9 Å². The van der Waals surface area contributed by atoms with Crippen molar-refractivity contribution in [3.05, 3.63) is 41.2 Å². The number of rotatable bonds is 6. The lowest BCUT2D eigenvalue weighted by Gasteiger charge is -2.01. The predicted octanol–water partition coefficient (Wildman–Crippen LogP) is 2.26. The van der Waals surface area contributed by atoms with E-state index >= 15 is 0 Å². The molecule has 2 rings (SSSR count). The average molecular weight is 277 g/mol. The van der Waals surface area contributed by atoms with Crippen LogP contribution in [0.5, 0.6) is 0 Å². The van der Waals surface area contributed by atoms with Crippen molar-refractivity contribution in [2.45, 2.75) is 19.9 Å². The lowest BCUT2D eigenvalue weighted by Crippen LogP contribution is -2.07. The SMILES string of the molecule is CCOC(=O)Cc1csc(NCc2ccncc2)n1. The van der Waals surface area contributed by atoms with E-state index in [2.05, 4.69) is 15.3 Å². The van der Waals surface area contributed by atoms with Crippen LogP contribution >= 0.6 is 11.3 Å². The Kier molecular flexibility index (Phi) is 4.85. The van der Waals surface area contributed by atoms with Crippen LogP contribution in [0, 0.1) is 0 Å². The number of anilines is 1. The number of aromatic nitrogens is 2. The summed E-state index contributed by atoms with van der Waals surface area (Å²) < 4.78 is 4.88. The fourth-order valence-electron chi connectivity index (χ4n) is 1.51. The molecule has 0 bridgehead atoms. The molecule has 0 fully saturated rings.